The fourth-order valence-corrected chi connectivity index (χ4v) is 2.05. The van der Waals surface area contributed by atoms with Gasteiger partial charge in [-0.3, -0.25) is 0 Å². The summed E-state index contributed by atoms with van der Waals surface area (Å²) in [4.78, 5) is 0. The van der Waals surface area contributed by atoms with Gasteiger partial charge in [0, 0.05) is 0 Å². The van der Waals surface area contributed by atoms with E-state index in [2.05, 4.69) is 0 Å². The number of fused-ring (bicyclic) bond motifs is 1. The van der Waals surface area contributed by atoms with Crippen molar-refractivity contribution in [1.82, 2.24) is 0 Å². The maximum atomic E-state index is 8.70. The molecule has 2 unspecified atom stereocenters. The molecule has 2 fully saturated rings. The van der Waals surface area contributed by atoms with Crippen molar-refractivity contribution in [3.63, 3.8) is 0 Å². The van der Waals surface area contributed by atoms with Crippen molar-refractivity contribution < 1.29 is 0 Å². The molecule has 4 heteroatoms. The Balaban J connectivity index is 2.56. The van der Waals surface area contributed by atoms with Crippen LogP contribution in [0.15, 0.2) is 0 Å². The van der Waals surface area contributed by atoms with Crippen molar-refractivity contribution in [2.24, 2.45) is 16.2 Å². The lowest BCUT2D eigenvalue weighted by atomic mass is 9.87. The van der Waals surface area contributed by atoms with Crippen molar-refractivity contribution in [3.05, 3.63) is 0 Å². The second kappa shape index (κ2) is 1.29. The molecule has 2 aliphatic rings. The average molecular weight is 154 g/mol. The van der Waals surface area contributed by atoms with Gasteiger partial charge in [0.2, 0.25) is 0 Å². The van der Waals surface area contributed by atoms with E-state index >= 15 is 0 Å². The van der Waals surface area contributed by atoms with Crippen LogP contribution >= 0.6 is 0 Å². The molecule has 4 nitrogen and oxygen atoms in total. The molecule has 2 atom stereocenters. The van der Waals surface area contributed by atoms with Gasteiger partial charge in [0.1, 0.15) is 10.8 Å². The van der Waals surface area contributed by atoms with Gasteiger partial charge < -0.3 is 0 Å². The third kappa shape index (κ3) is 0.254. The third-order valence-electron chi connectivity index (χ3n) is 3.07. The first kappa shape index (κ1) is 6.66. The van der Waals surface area contributed by atoms with E-state index in [-0.39, 0.29) is 0 Å². The highest BCUT2D eigenvalue weighted by atomic mass is 15.0. The van der Waals surface area contributed by atoms with Gasteiger partial charge in [-0.1, -0.05) is 0 Å². The number of hydrogen-bond acceptors (Lipinski definition) is 4. The molecule has 54 valence electrons. The van der Waals surface area contributed by atoms with Crippen LogP contribution in [0.1, 0.15) is 6.42 Å². The Morgan fingerprint density at radius 2 is 1.17 bits per heavy atom. The predicted octanol–water partition coefficient (Wildman–Crippen LogP) is 0.457. The fourth-order valence-electron chi connectivity index (χ4n) is 2.05. The Bertz CT molecular complexity index is 396. The van der Waals surface area contributed by atoms with Crippen molar-refractivity contribution in [2.45, 2.75) is 6.42 Å². The summed E-state index contributed by atoms with van der Waals surface area (Å²) >= 11 is 0. The molecular formula is C8H2N4. The van der Waals surface area contributed by atoms with E-state index in [1.54, 1.807) is 12.1 Å². The summed E-state index contributed by atoms with van der Waals surface area (Å²) in [6.45, 7) is 0. The van der Waals surface area contributed by atoms with E-state index in [1.165, 1.54) is 0 Å². The van der Waals surface area contributed by atoms with Crippen molar-refractivity contribution in [1.29, 1.82) is 21.0 Å². The summed E-state index contributed by atoms with van der Waals surface area (Å²) in [6, 6.07) is 7.37. The summed E-state index contributed by atoms with van der Waals surface area (Å²) in [5.74, 6) is 0. The standard InChI is InChI=1S/C8H2N4/c9-2-6-1-7(6,3-10)8(6,4-11)5-12/h1H2. The van der Waals surface area contributed by atoms with Gasteiger partial charge in [-0.05, 0) is 6.42 Å². The molecule has 0 heterocycles. The Hall–Kier alpha value is -2.04. The van der Waals surface area contributed by atoms with E-state index in [0.29, 0.717) is 6.42 Å². The zero-order chi connectivity index (χ0) is 9.04. The monoisotopic (exact) mass is 154 g/mol. The Morgan fingerprint density at radius 1 is 0.750 bits per heavy atom. The quantitative estimate of drug-likeness (QED) is 0.506. The molecule has 2 saturated carbocycles. The topological polar surface area (TPSA) is 95.2 Å². The molecule has 0 bridgehead atoms. The van der Waals surface area contributed by atoms with E-state index in [1.807, 2.05) is 12.1 Å². The predicted molar refractivity (Wildman–Crippen MR) is 34.4 cm³/mol. The summed E-state index contributed by atoms with van der Waals surface area (Å²) in [5.41, 5.74) is -3.25. The van der Waals surface area contributed by atoms with Gasteiger partial charge in [0.25, 0.3) is 0 Å². The van der Waals surface area contributed by atoms with Crippen LogP contribution < -0.4 is 0 Å². The van der Waals surface area contributed by atoms with Gasteiger partial charge in [0.05, 0.1) is 24.3 Å². The molecule has 0 radical (unpaired) electrons. The first-order chi connectivity index (χ1) is 5.70. The van der Waals surface area contributed by atoms with E-state index in [0.717, 1.165) is 0 Å². The van der Waals surface area contributed by atoms with Crippen LogP contribution in [0.4, 0.5) is 0 Å². The second-order valence-corrected chi connectivity index (χ2v) is 3.18. The highest BCUT2D eigenvalue weighted by Gasteiger charge is 3.05. The maximum absolute atomic E-state index is 8.70. The minimum absolute atomic E-state index is 0.383. The number of hydrogen-bond donors (Lipinski definition) is 0. The Kier molecular flexibility index (Phi) is 0.717. The Labute approximate surface area is 68.9 Å². The van der Waals surface area contributed by atoms with Crippen molar-refractivity contribution >= 4 is 0 Å². The van der Waals surface area contributed by atoms with Gasteiger partial charge >= 0.3 is 0 Å². The molecular weight excluding hydrogens is 152 g/mol. The Morgan fingerprint density at radius 3 is 1.33 bits per heavy atom. The molecule has 0 aliphatic heterocycles. The second-order valence-electron chi connectivity index (χ2n) is 3.18. The molecule has 2 rings (SSSR count). The van der Waals surface area contributed by atoms with Crippen LogP contribution in [-0.4, -0.2) is 0 Å². The van der Waals surface area contributed by atoms with Crippen molar-refractivity contribution in [2.75, 3.05) is 0 Å². The van der Waals surface area contributed by atoms with Gasteiger partial charge in [-0.15, -0.1) is 0 Å². The largest absolute Gasteiger partial charge is 0.198 e. The van der Waals surface area contributed by atoms with E-state index in [4.69, 9.17) is 21.0 Å². The molecule has 0 aromatic carbocycles. The summed E-state index contributed by atoms with van der Waals surface area (Å²) in [5, 5.41) is 34.7. The molecule has 0 saturated heterocycles. The van der Waals surface area contributed by atoms with Crippen LogP contribution in [0.25, 0.3) is 0 Å². The normalized spacial score (nSPS) is 43.7. The first-order valence-electron chi connectivity index (χ1n) is 3.35. The minimum atomic E-state index is -1.33. The van der Waals surface area contributed by atoms with Gasteiger partial charge in [-0.2, -0.15) is 21.0 Å². The summed E-state index contributed by atoms with van der Waals surface area (Å²) < 4.78 is 0. The molecule has 0 N–H and O–H groups in total. The number of nitriles is 4. The van der Waals surface area contributed by atoms with E-state index in [9.17, 15) is 0 Å². The SMILES string of the molecule is N#CC1(C#N)C2(C#N)CC12C#N. The van der Waals surface area contributed by atoms with Gasteiger partial charge in [-0.25, -0.2) is 0 Å². The molecule has 2 aliphatic carbocycles. The average Bonchev–Trinajstić information content (AvgIpc) is 2.90. The molecule has 0 amide bonds. The summed E-state index contributed by atoms with van der Waals surface area (Å²) in [6.07, 6.45) is 0.383. The van der Waals surface area contributed by atoms with Gasteiger partial charge in [0.15, 0.2) is 5.41 Å². The highest BCUT2D eigenvalue weighted by Crippen LogP contribution is 2.96. The van der Waals surface area contributed by atoms with Crippen molar-refractivity contribution in [3.8, 4) is 24.3 Å². The fraction of sp³-hybridized carbons (Fsp3) is 0.500. The molecule has 0 spiro atoms. The van der Waals surface area contributed by atoms with Crippen LogP contribution in [0, 0.1) is 61.6 Å². The molecule has 0 aromatic rings. The van der Waals surface area contributed by atoms with E-state index < -0.39 is 16.2 Å². The lowest BCUT2D eigenvalue weighted by molar-refractivity contribution is 0.522. The maximum Gasteiger partial charge on any atom is 0.184 e. The summed E-state index contributed by atoms with van der Waals surface area (Å²) in [7, 11) is 0. The molecule has 12 heavy (non-hydrogen) atoms. The lowest BCUT2D eigenvalue weighted by Gasteiger charge is -2.04. The highest BCUT2D eigenvalue weighted by molar-refractivity contribution is 5.66. The number of rotatable bonds is 0. The van der Waals surface area contributed by atoms with Crippen LogP contribution in [0.3, 0.4) is 0 Å². The van der Waals surface area contributed by atoms with Crippen LogP contribution in [-0.2, 0) is 0 Å². The molecule has 0 aromatic heterocycles. The number of nitrogens with zero attached hydrogens (tertiary/aromatic N) is 4. The first-order valence-corrected chi connectivity index (χ1v) is 3.35. The zero-order valence-electron chi connectivity index (χ0n) is 6.00. The van der Waals surface area contributed by atoms with Crippen LogP contribution in [0.5, 0.6) is 0 Å². The smallest absolute Gasteiger partial charge is 0.184 e. The third-order valence-corrected chi connectivity index (χ3v) is 3.07. The minimum Gasteiger partial charge on any atom is -0.198 e. The lowest BCUT2D eigenvalue weighted by Crippen LogP contribution is -2.14. The van der Waals surface area contributed by atoms with Crippen LogP contribution in [0.2, 0.25) is 0 Å². The zero-order valence-corrected chi connectivity index (χ0v) is 6.00.